The molecule has 1 heterocycles. The van der Waals surface area contributed by atoms with Crippen LogP contribution in [0.5, 0.6) is 5.75 Å². The summed E-state index contributed by atoms with van der Waals surface area (Å²) in [6.45, 7) is 0. The van der Waals surface area contributed by atoms with E-state index in [2.05, 4.69) is 10.3 Å². The number of phenols is 1. The number of para-hydroxylation sites is 1. The first kappa shape index (κ1) is 9.33. The van der Waals surface area contributed by atoms with Gasteiger partial charge in [0.25, 0.3) is 5.91 Å². The van der Waals surface area contributed by atoms with Gasteiger partial charge in [0.1, 0.15) is 11.6 Å². The van der Waals surface area contributed by atoms with Gasteiger partial charge in [-0.3, -0.25) is 4.79 Å². The molecular formula is C11H10N2O2. The lowest BCUT2D eigenvalue weighted by molar-refractivity contribution is 0.102. The molecule has 1 aromatic heterocycles. The molecule has 2 aromatic rings. The van der Waals surface area contributed by atoms with Crippen LogP contribution >= 0.6 is 0 Å². The summed E-state index contributed by atoms with van der Waals surface area (Å²) in [6.07, 6.45) is 1.71. The largest absolute Gasteiger partial charge is 0.507 e. The first-order valence-corrected chi connectivity index (χ1v) is 4.50. The maximum atomic E-state index is 11.6. The second-order valence-corrected chi connectivity index (χ2v) is 3.06. The number of hydrogen-bond donors (Lipinski definition) is 3. The minimum Gasteiger partial charge on any atom is -0.507 e. The number of benzene rings is 1. The normalized spacial score (nSPS) is 9.87. The molecule has 0 aliphatic heterocycles. The molecule has 4 nitrogen and oxygen atoms in total. The number of phenolic OH excluding ortho intramolecular Hbond substituents is 1. The molecule has 0 unspecified atom stereocenters. The van der Waals surface area contributed by atoms with Crippen molar-refractivity contribution in [2.75, 3.05) is 5.32 Å². The number of aromatic nitrogens is 1. The van der Waals surface area contributed by atoms with Crippen LogP contribution in [0.25, 0.3) is 0 Å². The summed E-state index contributed by atoms with van der Waals surface area (Å²) in [5.41, 5.74) is 0.257. The zero-order valence-electron chi connectivity index (χ0n) is 7.90. The van der Waals surface area contributed by atoms with Crippen molar-refractivity contribution in [3.05, 3.63) is 48.2 Å². The highest BCUT2D eigenvalue weighted by Gasteiger charge is 2.09. The van der Waals surface area contributed by atoms with E-state index in [9.17, 15) is 9.90 Å². The summed E-state index contributed by atoms with van der Waals surface area (Å²) in [7, 11) is 0. The molecule has 3 N–H and O–H groups in total. The molecule has 0 fully saturated rings. The second-order valence-electron chi connectivity index (χ2n) is 3.06. The molecular weight excluding hydrogens is 192 g/mol. The van der Waals surface area contributed by atoms with Gasteiger partial charge in [-0.05, 0) is 24.3 Å². The zero-order valence-corrected chi connectivity index (χ0v) is 7.90. The van der Waals surface area contributed by atoms with Gasteiger partial charge < -0.3 is 15.4 Å². The monoisotopic (exact) mass is 202 g/mol. The number of amides is 1. The smallest absolute Gasteiger partial charge is 0.260 e. The van der Waals surface area contributed by atoms with Crippen LogP contribution in [0.15, 0.2) is 42.6 Å². The third-order valence-corrected chi connectivity index (χ3v) is 1.99. The topological polar surface area (TPSA) is 65.1 Å². The lowest BCUT2D eigenvalue weighted by Crippen LogP contribution is -2.12. The van der Waals surface area contributed by atoms with Crippen molar-refractivity contribution in [3.63, 3.8) is 0 Å². The number of rotatable bonds is 2. The molecule has 2 rings (SSSR count). The van der Waals surface area contributed by atoms with Gasteiger partial charge in [0.15, 0.2) is 0 Å². The number of aromatic amines is 1. The van der Waals surface area contributed by atoms with Crippen LogP contribution < -0.4 is 5.32 Å². The van der Waals surface area contributed by atoms with E-state index in [0.717, 1.165) is 0 Å². The van der Waals surface area contributed by atoms with Gasteiger partial charge in [-0.1, -0.05) is 12.1 Å². The van der Waals surface area contributed by atoms with Crippen LogP contribution in [0, 0.1) is 0 Å². The molecule has 76 valence electrons. The standard InChI is InChI=1S/C11H10N2O2/c14-9-5-2-1-4-8(9)11(15)13-10-6-3-7-12-10/h1-7,12,14H,(H,13,15). The van der Waals surface area contributed by atoms with E-state index < -0.39 is 0 Å². The molecule has 0 saturated heterocycles. The fourth-order valence-corrected chi connectivity index (χ4v) is 1.26. The highest BCUT2D eigenvalue weighted by molar-refractivity contribution is 6.05. The third kappa shape index (κ3) is 1.99. The van der Waals surface area contributed by atoms with Crippen LogP contribution in [0.4, 0.5) is 5.82 Å². The van der Waals surface area contributed by atoms with Crippen molar-refractivity contribution in [2.45, 2.75) is 0 Å². The number of anilines is 1. The fraction of sp³-hybridized carbons (Fsp3) is 0. The molecule has 4 heteroatoms. The molecule has 0 atom stereocenters. The van der Waals surface area contributed by atoms with Crippen LogP contribution in [-0.4, -0.2) is 16.0 Å². The highest BCUT2D eigenvalue weighted by Crippen LogP contribution is 2.16. The molecule has 0 radical (unpaired) electrons. The highest BCUT2D eigenvalue weighted by atomic mass is 16.3. The van der Waals surface area contributed by atoms with E-state index >= 15 is 0 Å². The van der Waals surface area contributed by atoms with Gasteiger partial charge in [-0.25, -0.2) is 0 Å². The van der Waals surface area contributed by atoms with Crippen molar-refractivity contribution >= 4 is 11.7 Å². The predicted octanol–water partition coefficient (Wildman–Crippen LogP) is 1.97. The maximum Gasteiger partial charge on any atom is 0.260 e. The second kappa shape index (κ2) is 3.88. The molecule has 0 spiro atoms. The molecule has 0 bridgehead atoms. The molecule has 0 aliphatic carbocycles. The summed E-state index contributed by atoms with van der Waals surface area (Å²) in [5, 5.41) is 12.1. The molecule has 1 aromatic carbocycles. The summed E-state index contributed by atoms with van der Waals surface area (Å²) >= 11 is 0. The first-order valence-electron chi connectivity index (χ1n) is 4.50. The SMILES string of the molecule is O=C(Nc1ccc[nH]1)c1ccccc1O. The number of carbonyl (C=O) groups is 1. The van der Waals surface area contributed by atoms with Crippen LogP contribution in [-0.2, 0) is 0 Å². The maximum absolute atomic E-state index is 11.6. The quantitative estimate of drug-likeness (QED) is 0.697. The fourth-order valence-electron chi connectivity index (χ4n) is 1.26. The first-order chi connectivity index (χ1) is 7.27. The number of aromatic hydroxyl groups is 1. The lowest BCUT2D eigenvalue weighted by Gasteiger charge is -2.04. The van der Waals surface area contributed by atoms with E-state index in [1.807, 2.05) is 0 Å². The van der Waals surface area contributed by atoms with Gasteiger partial charge >= 0.3 is 0 Å². The number of carbonyl (C=O) groups excluding carboxylic acids is 1. The molecule has 1 amide bonds. The van der Waals surface area contributed by atoms with Crippen molar-refractivity contribution in [1.29, 1.82) is 0 Å². The minimum absolute atomic E-state index is 0.0263. The number of nitrogens with one attached hydrogen (secondary N) is 2. The van der Waals surface area contributed by atoms with E-state index in [1.165, 1.54) is 6.07 Å². The van der Waals surface area contributed by atoms with Crippen LogP contribution in [0.3, 0.4) is 0 Å². The average molecular weight is 202 g/mol. The number of H-pyrrole nitrogens is 1. The summed E-state index contributed by atoms with van der Waals surface area (Å²) in [6, 6.07) is 9.92. The van der Waals surface area contributed by atoms with Crippen LogP contribution in [0.1, 0.15) is 10.4 Å². The van der Waals surface area contributed by atoms with Crippen LogP contribution in [0.2, 0.25) is 0 Å². The Morgan fingerprint density at radius 3 is 2.67 bits per heavy atom. The van der Waals surface area contributed by atoms with Gasteiger partial charge in [0.2, 0.25) is 0 Å². The van der Waals surface area contributed by atoms with Gasteiger partial charge in [-0.15, -0.1) is 0 Å². The molecule has 0 saturated carbocycles. The minimum atomic E-state index is -0.337. The third-order valence-electron chi connectivity index (χ3n) is 1.99. The Bertz CT molecular complexity index is 463. The average Bonchev–Trinajstić information content (AvgIpc) is 2.71. The Labute approximate surface area is 86.6 Å². The Morgan fingerprint density at radius 2 is 2.00 bits per heavy atom. The van der Waals surface area contributed by atoms with Gasteiger partial charge in [-0.2, -0.15) is 0 Å². The zero-order chi connectivity index (χ0) is 10.7. The number of hydrogen-bond acceptors (Lipinski definition) is 2. The molecule has 0 aliphatic rings. The molecule has 15 heavy (non-hydrogen) atoms. The van der Waals surface area contributed by atoms with E-state index in [4.69, 9.17) is 0 Å². The van der Waals surface area contributed by atoms with Crippen molar-refractivity contribution < 1.29 is 9.90 Å². The van der Waals surface area contributed by atoms with Crippen molar-refractivity contribution in [3.8, 4) is 5.75 Å². The van der Waals surface area contributed by atoms with E-state index in [-0.39, 0.29) is 17.2 Å². The Balaban J connectivity index is 2.19. The lowest BCUT2D eigenvalue weighted by atomic mass is 10.2. The Morgan fingerprint density at radius 1 is 1.20 bits per heavy atom. The summed E-state index contributed by atoms with van der Waals surface area (Å²) in [4.78, 5) is 14.5. The van der Waals surface area contributed by atoms with E-state index in [0.29, 0.717) is 5.82 Å². The van der Waals surface area contributed by atoms with Crippen molar-refractivity contribution in [2.24, 2.45) is 0 Å². The van der Waals surface area contributed by atoms with Crippen molar-refractivity contribution in [1.82, 2.24) is 4.98 Å². The van der Waals surface area contributed by atoms with Gasteiger partial charge in [0.05, 0.1) is 5.56 Å². The Kier molecular flexibility index (Phi) is 2.41. The van der Waals surface area contributed by atoms with Gasteiger partial charge in [0, 0.05) is 6.20 Å². The summed E-state index contributed by atoms with van der Waals surface area (Å²) in [5.74, 6) is 0.236. The Hall–Kier alpha value is -2.23. The predicted molar refractivity (Wildman–Crippen MR) is 56.9 cm³/mol. The van der Waals surface area contributed by atoms with E-state index in [1.54, 1.807) is 36.5 Å². The summed E-state index contributed by atoms with van der Waals surface area (Å²) < 4.78 is 0.